The molecule has 0 amide bonds. The Morgan fingerprint density at radius 2 is 2.33 bits per heavy atom. The number of methoxy groups -OCH3 is 1. The summed E-state index contributed by atoms with van der Waals surface area (Å²) in [6, 6.07) is 0. The Bertz CT molecular complexity index is 344. The first-order valence-corrected chi connectivity index (χ1v) is 4.79. The number of rotatable bonds is 4. The van der Waals surface area contributed by atoms with Crippen LogP contribution in [0.25, 0.3) is 0 Å². The minimum absolute atomic E-state index is 0.282. The van der Waals surface area contributed by atoms with Crippen molar-refractivity contribution in [2.24, 2.45) is 0 Å². The Hall–Kier alpha value is -1.36. The first-order valence-electron chi connectivity index (χ1n) is 4.79. The highest BCUT2D eigenvalue weighted by atomic mass is 16.5. The molecule has 1 aromatic rings. The van der Waals surface area contributed by atoms with Crippen LogP contribution in [0.15, 0.2) is 6.33 Å². The summed E-state index contributed by atoms with van der Waals surface area (Å²) < 4.78 is 4.69. The topological polar surface area (TPSA) is 67.0 Å². The number of nitrogens with zero attached hydrogens (tertiary/aromatic N) is 1. The molecule has 0 spiro atoms. The van der Waals surface area contributed by atoms with Crippen LogP contribution >= 0.6 is 0 Å². The van der Waals surface area contributed by atoms with E-state index in [-0.39, 0.29) is 5.97 Å². The second kappa shape index (κ2) is 4.44. The van der Waals surface area contributed by atoms with Gasteiger partial charge in [-0.05, 0) is 20.8 Å². The van der Waals surface area contributed by atoms with E-state index in [1.165, 1.54) is 7.11 Å². The van der Waals surface area contributed by atoms with Crippen LogP contribution in [-0.2, 0) is 16.1 Å². The average molecular weight is 211 g/mol. The molecule has 0 aliphatic rings. The Kier molecular flexibility index (Phi) is 3.47. The normalized spacial score (nSPS) is 11.5. The average Bonchev–Trinajstić information content (AvgIpc) is 2.60. The van der Waals surface area contributed by atoms with Gasteiger partial charge in [0.15, 0.2) is 0 Å². The molecule has 0 unspecified atom stereocenters. The number of hydrogen-bond acceptors (Lipinski definition) is 4. The molecule has 0 bridgehead atoms. The molecule has 15 heavy (non-hydrogen) atoms. The Labute approximate surface area is 89.2 Å². The molecule has 5 nitrogen and oxygen atoms in total. The van der Waals surface area contributed by atoms with Crippen molar-refractivity contribution in [2.75, 3.05) is 7.11 Å². The van der Waals surface area contributed by atoms with E-state index in [1.807, 2.05) is 6.92 Å². The molecule has 0 aliphatic carbocycles. The maximum absolute atomic E-state index is 11.4. The van der Waals surface area contributed by atoms with Crippen LogP contribution < -0.4 is 5.32 Å². The SMILES string of the molecule is COC(=O)C(C)(C)NCc1nc[nH]c1C. The highest BCUT2D eigenvalue weighted by Crippen LogP contribution is 2.07. The largest absolute Gasteiger partial charge is 0.468 e. The van der Waals surface area contributed by atoms with E-state index in [0.717, 1.165) is 11.4 Å². The predicted molar refractivity (Wildman–Crippen MR) is 56.3 cm³/mol. The van der Waals surface area contributed by atoms with E-state index < -0.39 is 5.54 Å². The molecule has 0 fully saturated rings. The number of aromatic nitrogens is 2. The molecule has 0 saturated carbocycles. The number of nitrogens with one attached hydrogen (secondary N) is 2. The number of aromatic amines is 1. The van der Waals surface area contributed by atoms with Gasteiger partial charge in [-0.1, -0.05) is 0 Å². The fraction of sp³-hybridized carbons (Fsp3) is 0.600. The molecule has 0 atom stereocenters. The second-order valence-corrected chi connectivity index (χ2v) is 3.94. The van der Waals surface area contributed by atoms with Crippen molar-refractivity contribution in [1.82, 2.24) is 15.3 Å². The molecule has 0 aliphatic heterocycles. The van der Waals surface area contributed by atoms with Crippen LogP contribution in [-0.4, -0.2) is 28.6 Å². The lowest BCUT2D eigenvalue weighted by molar-refractivity contribution is -0.147. The molecule has 1 aromatic heterocycles. The lowest BCUT2D eigenvalue weighted by Crippen LogP contribution is -2.47. The maximum Gasteiger partial charge on any atom is 0.325 e. The second-order valence-electron chi connectivity index (χ2n) is 3.94. The van der Waals surface area contributed by atoms with E-state index in [4.69, 9.17) is 0 Å². The highest BCUT2D eigenvalue weighted by Gasteiger charge is 2.28. The van der Waals surface area contributed by atoms with Crippen molar-refractivity contribution in [3.8, 4) is 0 Å². The number of ether oxygens (including phenoxy) is 1. The van der Waals surface area contributed by atoms with Gasteiger partial charge in [0.2, 0.25) is 0 Å². The van der Waals surface area contributed by atoms with Crippen molar-refractivity contribution in [2.45, 2.75) is 32.9 Å². The number of esters is 1. The smallest absolute Gasteiger partial charge is 0.325 e. The van der Waals surface area contributed by atoms with Crippen molar-refractivity contribution in [3.05, 3.63) is 17.7 Å². The maximum atomic E-state index is 11.4. The minimum Gasteiger partial charge on any atom is -0.468 e. The van der Waals surface area contributed by atoms with Gasteiger partial charge in [0.05, 0.1) is 19.1 Å². The summed E-state index contributed by atoms with van der Waals surface area (Å²) >= 11 is 0. The van der Waals surface area contributed by atoms with E-state index in [1.54, 1.807) is 20.2 Å². The summed E-state index contributed by atoms with van der Waals surface area (Å²) in [5, 5.41) is 3.10. The summed E-state index contributed by atoms with van der Waals surface area (Å²) in [4.78, 5) is 18.5. The van der Waals surface area contributed by atoms with Crippen molar-refractivity contribution < 1.29 is 9.53 Å². The van der Waals surface area contributed by atoms with Gasteiger partial charge in [-0.25, -0.2) is 4.98 Å². The number of hydrogen-bond donors (Lipinski definition) is 2. The summed E-state index contributed by atoms with van der Waals surface area (Å²) in [7, 11) is 1.38. The monoisotopic (exact) mass is 211 g/mol. The van der Waals surface area contributed by atoms with Crippen LogP contribution in [0, 0.1) is 6.92 Å². The number of aryl methyl sites for hydroxylation is 1. The van der Waals surface area contributed by atoms with Crippen molar-refractivity contribution in [1.29, 1.82) is 0 Å². The standard InChI is InChI=1S/C10H17N3O2/c1-7-8(12-6-11-7)5-13-10(2,3)9(14)15-4/h6,13H,5H2,1-4H3,(H,11,12). The van der Waals surface area contributed by atoms with Crippen LogP contribution in [0.2, 0.25) is 0 Å². The van der Waals surface area contributed by atoms with Gasteiger partial charge in [-0.2, -0.15) is 0 Å². The Balaban J connectivity index is 2.57. The number of H-pyrrole nitrogens is 1. The zero-order valence-electron chi connectivity index (χ0n) is 9.55. The lowest BCUT2D eigenvalue weighted by atomic mass is 10.1. The van der Waals surface area contributed by atoms with Gasteiger partial charge in [0.1, 0.15) is 5.54 Å². The highest BCUT2D eigenvalue weighted by molar-refractivity contribution is 5.79. The zero-order chi connectivity index (χ0) is 11.5. The van der Waals surface area contributed by atoms with Crippen molar-refractivity contribution in [3.63, 3.8) is 0 Å². The van der Waals surface area contributed by atoms with Crippen LogP contribution in [0.1, 0.15) is 25.2 Å². The lowest BCUT2D eigenvalue weighted by Gasteiger charge is -2.22. The molecule has 1 heterocycles. The summed E-state index contributed by atoms with van der Waals surface area (Å²) in [6.07, 6.45) is 1.64. The van der Waals surface area contributed by atoms with E-state index in [2.05, 4.69) is 20.0 Å². The minimum atomic E-state index is -0.694. The van der Waals surface area contributed by atoms with E-state index in [0.29, 0.717) is 6.54 Å². The number of carbonyl (C=O) groups excluding carboxylic acids is 1. The van der Waals surface area contributed by atoms with Gasteiger partial charge < -0.3 is 9.72 Å². The van der Waals surface area contributed by atoms with E-state index >= 15 is 0 Å². The van der Waals surface area contributed by atoms with Crippen LogP contribution in [0.4, 0.5) is 0 Å². The van der Waals surface area contributed by atoms with E-state index in [9.17, 15) is 4.79 Å². The number of imidazole rings is 1. The predicted octanol–water partition coefficient (Wildman–Crippen LogP) is 0.759. The molecular weight excluding hydrogens is 194 g/mol. The molecule has 1 rings (SSSR count). The van der Waals surface area contributed by atoms with Crippen LogP contribution in [0.3, 0.4) is 0 Å². The molecule has 5 heteroatoms. The van der Waals surface area contributed by atoms with Crippen molar-refractivity contribution >= 4 is 5.97 Å². The third-order valence-corrected chi connectivity index (χ3v) is 2.33. The quantitative estimate of drug-likeness (QED) is 0.721. The molecule has 0 radical (unpaired) electrons. The molecule has 0 saturated heterocycles. The van der Waals surface area contributed by atoms with Gasteiger partial charge in [0.25, 0.3) is 0 Å². The first-order chi connectivity index (χ1) is 6.97. The Morgan fingerprint density at radius 1 is 1.67 bits per heavy atom. The third-order valence-electron chi connectivity index (χ3n) is 2.33. The molecule has 2 N–H and O–H groups in total. The molecular formula is C10H17N3O2. The first kappa shape index (κ1) is 11.7. The summed E-state index contributed by atoms with van der Waals surface area (Å²) in [6.45, 7) is 6.04. The summed E-state index contributed by atoms with van der Waals surface area (Å²) in [5.41, 5.74) is 1.22. The Morgan fingerprint density at radius 3 is 2.80 bits per heavy atom. The fourth-order valence-corrected chi connectivity index (χ4v) is 1.20. The summed E-state index contributed by atoms with van der Waals surface area (Å²) in [5.74, 6) is -0.282. The van der Waals surface area contributed by atoms with Gasteiger partial charge in [0, 0.05) is 12.2 Å². The third kappa shape index (κ3) is 2.79. The molecule has 84 valence electrons. The number of carbonyl (C=O) groups is 1. The zero-order valence-corrected chi connectivity index (χ0v) is 9.55. The van der Waals surface area contributed by atoms with Crippen LogP contribution in [0.5, 0.6) is 0 Å². The molecule has 0 aromatic carbocycles. The van der Waals surface area contributed by atoms with Gasteiger partial charge >= 0.3 is 5.97 Å². The van der Waals surface area contributed by atoms with Gasteiger partial charge in [-0.15, -0.1) is 0 Å². The van der Waals surface area contributed by atoms with Gasteiger partial charge in [-0.3, -0.25) is 10.1 Å². The fourth-order valence-electron chi connectivity index (χ4n) is 1.20.